The molecule has 0 radical (unpaired) electrons. The molecule has 0 aromatic rings. The summed E-state index contributed by atoms with van der Waals surface area (Å²) in [7, 11) is 0. The summed E-state index contributed by atoms with van der Waals surface area (Å²) in [5.41, 5.74) is -0.644. The highest BCUT2D eigenvalue weighted by atomic mass is 16.5. The zero-order valence-corrected chi connectivity index (χ0v) is 11.0. The Labute approximate surface area is 106 Å². The molecule has 0 spiro atoms. The normalized spacial score (nSPS) is 35.8. The topological polar surface area (TPSA) is 78.9 Å². The summed E-state index contributed by atoms with van der Waals surface area (Å²) in [4.78, 5) is 25.3. The number of aliphatic hydroxyl groups excluding tert-OH is 1. The number of imide groups is 1. The van der Waals surface area contributed by atoms with E-state index in [1.807, 2.05) is 20.8 Å². The summed E-state index contributed by atoms with van der Waals surface area (Å²) in [5.74, 6) is -0.257. The van der Waals surface area contributed by atoms with Crippen molar-refractivity contribution in [1.29, 1.82) is 0 Å². The predicted octanol–water partition coefficient (Wildman–Crippen LogP) is 0.450. The van der Waals surface area contributed by atoms with E-state index in [0.29, 0.717) is 6.42 Å². The van der Waals surface area contributed by atoms with Crippen LogP contribution in [0.4, 0.5) is 4.79 Å². The predicted molar refractivity (Wildman–Crippen MR) is 63.6 cm³/mol. The number of carbonyl (C=O) groups is 2. The molecule has 0 aliphatic carbocycles. The largest absolute Gasteiger partial charge is 0.394 e. The second kappa shape index (κ2) is 4.51. The van der Waals surface area contributed by atoms with Crippen molar-refractivity contribution in [2.45, 2.75) is 52.0 Å². The van der Waals surface area contributed by atoms with Crippen LogP contribution in [0.5, 0.6) is 0 Å². The van der Waals surface area contributed by atoms with Crippen molar-refractivity contribution >= 4 is 11.9 Å². The molecule has 2 heterocycles. The fourth-order valence-electron chi connectivity index (χ4n) is 2.44. The number of ether oxygens (including phenoxy) is 1. The van der Waals surface area contributed by atoms with Gasteiger partial charge in [-0.3, -0.25) is 15.0 Å². The van der Waals surface area contributed by atoms with Gasteiger partial charge in [-0.2, -0.15) is 0 Å². The van der Waals surface area contributed by atoms with Gasteiger partial charge >= 0.3 is 6.03 Å². The Morgan fingerprint density at radius 3 is 2.67 bits per heavy atom. The molecule has 102 valence electrons. The third-order valence-electron chi connectivity index (χ3n) is 4.10. The van der Waals surface area contributed by atoms with Crippen molar-refractivity contribution in [3.63, 3.8) is 0 Å². The van der Waals surface area contributed by atoms with E-state index in [1.54, 1.807) is 4.90 Å². The summed E-state index contributed by atoms with van der Waals surface area (Å²) in [5, 5.41) is 11.4. The molecule has 2 rings (SSSR count). The lowest BCUT2D eigenvalue weighted by Gasteiger charge is -2.45. The second-order valence-electron chi connectivity index (χ2n) is 5.54. The molecule has 0 aromatic heterocycles. The third kappa shape index (κ3) is 1.99. The van der Waals surface area contributed by atoms with Crippen molar-refractivity contribution in [2.75, 3.05) is 6.61 Å². The van der Waals surface area contributed by atoms with Crippen LogP contribution < -0.4 is 5.32 Å². The quantitative estimate of drug-likeness (QED) is 0.752. The van der Waals surface area contributed by atoms with Crippen LogP contribution in [0.25, 0.3) is 0 Å². The Balaban J connectivity index is 2.17. The molecule has 3 amide bonds. The van der Waals surface area contributed by atoms with Gasteiger partial charge in [-0.05, 0) is 33.6 Å². The third-order valence-corrected chi connectivity index (χ3v) is 4.10. The highest BCUT2D eigenvalue weighted by Gasteiger charge is 2.48. The number of amides is 3. The zero-order valence-electron chi connectivity index (χ0n) is 11.0. The molecule has 6 heteroatoms. The Morgan fingerprint density at radius 1 is 1.44 bits per heavy atom. The van der Waals surface area contributed by atoms with Gasteiger partial charge in [0.1, 0.15) is 6.23 Å². The number of hydrogen-bond donors (Lipinski definition) is 2. The number of aliphatic hydroxyl groups is 1. The Morgan fingerprint density at radius 2 is 2.11 bits per heavy atom. The van der Waals surface area contributed by atoms with Crippen molar-refractivity contribution < 1.29 is 19.4 Å². The molecule has 0 aromatic carbocycles. The molecule has 2 fully saturated rings. The number of rotatable bonds is 2. The first-order valence-corrected chi connectivity index (χ1v) is 6.28. The van der Waals surface area contributed by atoms with E-state index in [4.69, 9.17) is 9.84 Å². The summed E-state index contributed by atoms with van der Waals surface area (Å²) >= 11 is 0. The van der Waals surface area contributed by atoms with Gasteiger partial charge in [-0.1, -0.05) is 0 Å². The monoisotopic (exact) mass is 256 g/mol. The second-order valence-corrected chi connectivity index (χ2v) is 5.54. The van der Waals surface area contributed by atoms with E-state index in [2.05, 4.69) is 5.32 Å². The van der Waals surface area contributed by atoms with Crippen molar-refractivity contribution in [3.8, 4) is 0 Å². The number of nitrogens with one attached hydrogen (secondary N) is 1. The highest BCUT2D eigenvalue weighted by Crippen LogP contribution is 2.34. The van der Waals surface area contributed by atoms with E-state index in [-0.39, 0.29) is 30.9 Å². The molecular weight excluding hydrogens is 236 g/mol. The van der Waals surface area contributed by atoms with Crippen molar-refractivity contribution in [1.82, 2.24) is 10.2 Å². The molecule has 0 bridgehead atoms. The zero-order chi connectivity index (χ0) is 13.5. The lowest BCUT2D eigenvalue weighted by molar-refractivity contribution is -0.140. The fourth-order valence-corrected chi connectivity index (χ4v) is 2.44. The number of urea groups is 1. The van der Waals surface area contributed by atoms with Crippen LogP contribution in [-0.2, 0) is 9.53 Å². The van der Waals surface area contributed by atoms with Gasteiger partial charge in [0.05, 0.1) is 18.1 Å². The number of carbonyl (C=O) groups excluding carboxylic acids is 2. The Kier molecular flexibility index (Phi) is 3.33. The molecule has 0 saturated carbocycles. The molecule has 6 nitrogen and oxygen atoms in total. The standard InChI is InChI=1S/C12H20N2O4/c1-7-12(2,3)10(16)13-11(17)14(7)9-5-4-8(6-15)18-9/h7-9,15H,4-6H2,1-3H3,(H,13,16,17). The van der Waals surface area contributed by atoms with Gasteiger partial charge in [0.25, 0.3) is 0 Å². The number of hydrogen-bond acceptors (Lipinski definition) is 4. The average molecular weight is 256 g/mol. The van der Waals surface area contributed by atoms with Gasteiger partial charge in [0.15, 0.2) is 0 Å². The van der Waals surface area contributed by atoms with Crippen LogP contribution in [0.2, 0.25) is 0 Å². The molecular formula is C12H20N2O4. The van der Waals surface area contributed by atoms with Gasteiger partial charge in [0, 0.05) is 6.04 Å². The van der Waals surface area contributed by atoms with E-state index in [9.17, 15) is 9.59 Å². The van der Waals surface area contributed by atoms with Crippen LogP contribution in [0.3, 0.4) is 0 Å². The molecule has 2 aliphatic heterocycles. The molecule has 3 atom stereocenters. The van der Waals surface area contributed by atoms with E-state index in [1.165, 1.54) is 0 Å². The maximum absolute atomic E-state index is 11.9. The molecule has 3 unspecified atom stereocenters. The van der Waals surface area contributed by atoms with Gasteiger partial charge < -0.3 is 9.84 Å². The van der Waals surface area contributed by atoms with E-state index >= 15 is 0 Å². The Bertz CT molecular complexity index is 369. The summed E-state index contributed by atoms with van der Waals surface area (Å²) in [6, 6.07) is -0.642. The van der Waals surface area contributed by atoms with Gasteiger partial charge in [0.2, 0.25) is 5.91 Å². The van der Waals surface area contributed by atoms with Crippen LogP contribution >= 0.6 is 0 Å². The maximum Gasteiger partial charge on any atom is 0.326 e. The van der Waals surface area contributed by atoms with E-state index in [0.717, 1.165) is 6.42 Å². The summed E-state index contributed by atoms with van der Waals surface area (Å²) in [6.45, 7) is 5.44. The summed E-state index contributed by atoms with van der Waals surface area (Å²) in [6.07, 6.45) is 0.847. The minimum absolute atomic E-state index is 0.0390. The maximum atomic E-state index is 11.9. The molecule has 2 saturated heterocycles. The smallest absolute Gasteiger partial charge is 0.326 e. The van der Waals surface area contributed by atoms with Crippen molar-refractivity contribution in [2.24, 2.45) is 5.41 Å². The minimum Gasteiger partial charge on any atom is -0.394 e. The lowest BCUT2D eigenvalue weighted by atomic mass is 9.81. The van der Waals surface area contributed by atoms with Gasteiger partial charge in [-0.15, -0.1) is 0 Å². The Hall–Kier alpha value is -1.14. The first kappa shape index (κ1) is 13.3. The van der Waals surface area contributed by atoms with Crippen LogP contribution in [0.15, 0.2) is 0 Å². The van der Waals surface area contributed by atoms with Gasteiger partial charge in [-0.25, -0.2) is 4.79 Å². The first-order valence-electron chi connectivity index (χ1n) is 6.28. The fraction of sp³-hybridized carbons (Fsp3) is 0.833. The SMILES string of the molecule is CC1N(C2CCC(CO)O2)C(=O)NC(=O)C1(C)C. The van der Waals surface area contributed by atoms with Crippen LogP contribution in [0, 0.1) is 5.41 Å². The summed E-state index contributed by atoms with van der Waals surface area (Å²) < 4.78 is 5.62. The average Bonchev–Trinajstić information content (AvgIpc) is 2.76. The minimum atomic E-state index is -0.644. The first-order chi connectivity index (χ1) is 8.37. The van der Waals surface area contributed by atoms with Crippen LogP contribution in [-0.4, -0.2) is 46.9 Å². The molecule has 2 N–H and O–H groups in total. The molecule has 2 aliphatic rings. The molecule has 18 heavy (non-hydrogen) atoms. The number of nitrogens with zero attached hydrogens (tertiary/aromatic N) is 1. The van der Waals surface area contributed by atoms with E-state index < -0.39 is 11.4 Å². The highest BCUT2D eigenvalue weighted by molar-refractivity contribution is 6.00. The van der Waals surface area contributed by atoms with Crippen LogP contribution in [0.1, 0.15) is 33.6 Å². The van der Waals surface area contributed by atoms with Crippen molar-refractivity contribution in [3.05, 3.63) is 0 Å². The lowest BCUT2D eigenvalue weighted by Crippen LogP contribution is -2.65.